The molecule has 5 nitrogen and oxygen atoms in total. The van der Waals surface area contributed by atoms with Crippen LogP contribution in [0.5, 0.6) is 0 Å². The van der Waals surface area contributed by atoms with Crippen molar-refractivity contribution < 1.29 is 23.1 Å². The fourth-order valence-corrected chi connectivity index (χ4v) is 3.09. The fourth-order valence-electron chi connectivity index (χ4n) is 3.09. The number of benzene rings is 1. The van der Waals surface area contributed by atoms with Crippen molar-refractivity contribution in [2.45, 2.75) is 25.8 Å². The predicted molar refractivity (Wildman–Crippen MR) is 103 cm³/mol. The molecular formula is C21H24F2N2O3. The Balaban J connectivity index is 2.13. The van der Waals surface area contributed by atoms with Crippen LogP contribution in [0.2, 0.25) is 0 Å². The minimum absolute atomic E-state index is 0.110. The number of carbonyl (C=O) groups is 2. The van der Waals surface area contributed by atoms with E-state index in [-0.39, 0.29) is 29.9 Å². The van der Waals surface area contributed by atoms with Crippen LogP contribution >= 0.6 is 0 Å². The number of rotatable bonds is 7. The molecule has 0 heterocycles. The molecule has 0 spiro atoms. The van der Waals surface area contributed by atoms with E-state index < -0.39 is 23.0 Å². The molecule has 150 valence electrons. The van der Waals surface area contributed by atoms with Gasteiger partial charge in [-0.2, -0.15) is 0 Å². The summed E-state index contributed by atoms with van der Waals surface area (Å²) in [5, 5.41) is 2.88. The molecule has 1 aromatic rings. The molecule has 1 amide bonds. The highest BCUT2D eigenvalue weighted by molar-refractivity contribution is 6.04. The van der Waals surface area contributed by atoms with Gasteiger partial charge in [-0.1, -0.05) is 18.2 Å². The molecule has 0 fully saturated rings. The van der Waals surface area contributed by atoms with Crippen molar-refractivity contribution in [1.82, 2.24) is 5.32 Å². The molecule has 2 unspecified atom stereocenters. The maximum atomic E-state index is 13.6. The van der Waals surface area contributed by atoms with E-state index in [0.29, 0.717) is 12.1 Å². The van der Waals surface area contributed by atoms with Crippen molar-refractivity contribution in [1.29, 1.82) is 0 Å². The number of methoxy groups -OCH3 is 1. The minimum Gasteiger partial charge on any atom is -0.469 e. The number of nitrogens with one attached hydrogen (secondary N) is 1. The van der Waals surface area contributed by atoms with Crippen LogP contribution in [-0.4, -0.2) is 37.8 Å². The lowest BCUT2D eigenvalue weighted by molar-refractivity contribution is -0.144. The molecule has 0 saturated heterocycles. The van der Waals surface area contributed by atoms with Crippen LogP contribution in [0.1, 0.15) is 25.3 Å². The second-order valence-corrected chi connectivity index (χ2v) is 6.96. The van der Waals surface area contributed by atoms with E-state index in [1.54, 1.807) is 19.1 Å². The van der Waals surface area contributed by atoms with E-state index in [0.717, 1.165) is 6.07 Å². The number of carbonyl (C=O) groups excluding carboxylic acids is 2. The average Bonchev–Trinajstić information content (AvgIpc) is 3.12. The molecule has 0 radical (unpaired) electrons. The van der Waals surface area contributed by atoms with E-state index in [9.17, 15) is 18.4 Å². The lowest BCUT2D eigenvalue weighted by Crippen LogP contribution is -2.43. The third-order valence-corrected chi connectivity index (χ3v) is 4.87. The first-order chi connectivity index (χ1) is 13.2. The van der Waals surface area contributed by atoms with Crippen LogP contribution in [0.25, 0.3) is 0 Å². The monoisotopic (exact) mass is 390 g/mol. The number of hydrogen-bond acceptors (Lipinski definition) is 4. The third kappa shape index (κ3) is 4.91. The van der Waals surface area contributed by atoms with Gasteiger partial charge in [0.25, 0.3) is 0 Å². The van der Waals surface area contributed by atoms with Crippen LogP contribution < -0.4 is 5.32 Å². The topological polar surface area (TPSA) is 67.8 Å². The lowest BCUT2D eigenvalue weighted by Gasteiger charge is -2.27. The zero-order chi connectivity index (χ0) is 20.9. The molecule has 0 saturated carbocycles. The average molecular weight is 390 g/mol. The highest BCUT2D eigenvalue weighted by atomic mass is 19.1. The fraction of sp³-hybridized carbons (Fsp3) is 0.381. The normalized spacial score (nSPS) is 21.1. The van der Waals surface area contributed by atoms with Crippen molar-refractivity contribution in [3.8, 4) is 0 Å². The smallest absolute Gasteiger partial charge is 0.312 e. The first kappa shape index (κ1) is 21.5. The van der Waals surface area contributed by atoms with Gasteiger partial charge in [0.15, 0.2) is 0 Å². The second kappa shape index (κ2) is 8.91. The molecule has 7 heteroatoms. The zero-order valence-electron chi connectivity index (χ0n) is 16.2. The maximum Gasteiger partial charge on any atom is 0.312 e. The van der Waals surface area contributed by atoms with Gasteiger partial charge in [-0.25, -0.2) is 8.78 Å². The molecule has 28 heavy (non-hydrogen) atoms. The largest absolute Gasteiger partial charge is 0.469 e. The third-order valence-electron chi connectivity index (χ3n) is 4.87. The van der Waals surface area contributed by atoms with Gasteiger partial charge in [0.1, 0.15) is 11.6 Å². The summed E-state index contributed by atoms with van der Waals surface area (Å²) in [6.45, 7) is 5.42. The molecule has 1 aliphatic rings. The first-order valence-corrected chi connectivity index (χ1v) is 8.85. The summed E-state index contributed by atoms with van der Waals surface area (Å²) in [4.78, 5) is 28.6. The Morgan fingerprint density at radius 1 is 1.32 bits per heavy atom. The summed E-state index contributed by atoms with van der Waals surface area (Å²) in [5.41, 5.74) is -0.410. The Hall–Kier alpha value is -2.83. The molecule has 0 bridgehead atoms. The van der Waals surface area contributed by atoms with Crippen molar-refractivity contribution >= 4 is 17.6 Å². The molecule has 1 N–H and O–H groups in total. The molecule has 3 atom stereocenters. The summed E-state index contributed by atoms with van der Waals surface area (Å²) in [5.74, 6) is -2.50. The van der Waals surface area contributed by atoms with Crippen molar-refractivity contribution in [2.75, 3.05) is 14.2 Å². The van der Waals surface area contributed by atoms with E-state index in [2.05, 4.69) is 16.9 Å². The Morgan fingerprint density at radius 3 is 2.50 bits per heavy atom. The Kier molecular flexibility index (Phi) is 6.83. The van der Waals surface area contributed by atoms with E-state index in [1.165, 1.54) is 32.4 Å². The number of esters is 1. The summed E-state index contributed by atoms with van der Waals surface area (Å²) in [6.07, 6.45) is 5.46. The van der Waals surface area contributed by atoms with E-state index in [4.69, 9.17) is 4.74 Å². The van der Waals surface area contributed by atoms with Crippen LogP contribution in [0.4, 0.5) is 8.78 Å². The number of hydrogen-bond donors (Lipinski definition) is 1. The molecule has 1 aliphatic carbocycles. The second-order valence-electron chi connectivity index (χ2n) is 6.96. The highest BCUT2D eigenvalue weighted by Gasteiger charge is 2.35. The summed E-state index contributed by atoms with van der Waals surface area (Å²) < 4.78 is 31.8. The van der Waals surface area contributed by atoms with Crippen molar-refractivity contribution in [3.05, 3.63) is 60.2 Å². The first-order valence-electron chi connectivity index (χ1n) is 8.85. The molecule has 0 aliphatic heterocycles. The molecule has 0 aromatic heterocycles. The Labute approximate surface area is 163 Å². The van der Waals surface area contributed by atoms with Gasteiger partial charge in [-0.3, -0.25) is 14.6 Å². The van der Waals surface area contributed by atoms with Crippen molar-refractivity contribution in [3.63, 3.8) is 0 Å². The van der Waals surface area contributed by atoms with Crippen molar-refractivity contribution in [2.24, 2.45) is 16.3 Å². The zero-order valence-corrected chi connectivity index (χ0v) is 16.2. The molecule has 2 rings (SSSR count). The standard InChI is InChI=1S/C21H24F2N2O3/c1-5-21(2,12-18(24-3)14-8-15(22)11-16(23)9-14)20(27)25-17-7-6-13(10-17)19(26)28-4/h5-9,11,13,17H,1,10,12H2,2-4H3,(H,25,27)/b24-18+/t13?,17?,21-/m0/s1. The van der Waals surface area contributed by atoms with Gasteiger partial charge >= 0.3 is 5.97 Å². The number of nitrogens with zero attached hydrogens (tertiary/aromatic N) is 1. The Morgan fingerprint density at radius 2 is 1.96 bits per heavy atom. The minimum atomic E-state index is -1.06. The number of halogens is 2. The Bertz CT molecular complexity index is 815. The molecular weight excluding hydrogens is 366 g/mol. The van der Waals surface area contributed by atoms with Crippen LogP contribution in [0, 0.1) is 23.0 Å². The SMILES string of the molecule is C=C[C@@](C)(C/C(=N\C)c1cc(F)cc(F)c1)C(=O)NC1C=CC(C(=O)OC)C1. The lowest BCUT2D eigenvalue weighted by atomic mass is 9.82. The number of amides is 1. The van der Waals surface area contributed by atoms with E-state index >= 15 is 0 Å². The maximum absolute atomic E-state index is 13.6. The van der Waals surface area contributed by atoms with Gasteiger partial charge in [0.2, 0.25) is 5.91 Å². The predicted octanol–water partition coefficient (Wildman–Crippen LogP) is 3.20. The summed E-state index contributed by atoms with van der Waals surface area (Å²) >= 11 is 0. The summed E-state index contributed by atoms with van der Waals surface area (Å²) in [6, 6.07) is 2.81. The summed E-state index contributed by atoms with van der Waals surface area (Å²) in [7, 11) is 2.82. The van der Waals surface area contributed by atoms with Gasteiger partial charge in [0.05, 0.1) is 18.4 Å². The van der Waals surface area contributed by atoms with Crippen LogP contribution in [0.3, 0.4) is 0 Å². The molecule has 1 aromatic carbocycles. The number of aliphatic imine (C=N–C) groups is 1. The van der Waals surface area contributed by atoms with Crippen LogP contribution in [0.15, 0.2) is 48.0 Å². The van der Waals surface area contributed by atoms with E-state index in [1.807, 2.05) is 0 Å². The van der Waals surface area contributed by atoms with Crippen LogP contribution in [-0.2, 0) is 14.3 Å². The highest BCUT2D eigenvalue weighted by Crippen LogP contribution is 2.28. The van der Waals surface area contributed by atoms with Gasteiger partial charge in [0, 0.05) is 36.9 Å². The quantitative estimate of drug-likeness (QED) is 0.442. The van der Waals surface area contributed by atoms with Gasteiger partial charge < -0.3 is 10.1 Å². The van der Waals surface area contributed by atoms with Gasteiger partial charge in [-0.05, 0) is 25.5 Å². The number of ether oxygens (including phenoxy) is 1. The van der Waals surface area contributed by atoms with Gasteiger partial charge in [-0.15, -0.1) is 6.58 Å².